The summed E-state index contributed by atoms with van der Waals surface area (Å²) in [6.07, 6.45) is 0. The zero-order valence-electron chi connectivity index (χ0n) is 5.35. The highest BCUT2D eigenvalue weighted by Crippen LogP contribution is 1.87. The molecular formula is C3H6N6O. The third kappa shape index (κ3) is 1.77. The summed E-state index contributed by atoms with van der Waals surface area (Å²) in [5, 5.41) is 19.7. The first-order valence-corrected chi connectivity index (χ1v) is 2.56. The fourth-order valence-corrected chi connectivity index (χ4v) is 0.399. The Morgan fingerprint density at radius 1 is 1.70 bits per heavy atom. The standard InChI is InChI=1S/C3H6N6O/c1-10-9-4-2-3-5-7-8-6-3/h2H2,1H3,(H,5,6,7,8). The summed E-state index contributed by atoms with van der Waals surface area (Å²) in [5.74, 6) is 0.487. The fraction of sp³-hybridized carbons (Fsp3) is 0.667. The third-order valence-corrected chi connectivity index (χ3v) is 0.741. The maximum atomic E-state index is 4.31. The Hall–Kier alpha value is -1.53. The molecule has 1 heterocycles. The van der Waals surface area contributed by atoms with E-state index in [2.05, 4.69) is 35.9 Å². The molecule has 0 bridgehead atoms. The SMILES string of the molecule is CON=NCc1nn[nH]n1. The van der Waals surface area contributed by atoms with Gasteiger partial charge >= 0.3 is 0 Å². The van der Waals surface area contributed by atoms with Gasteiger partial charge in [-0.05, 0) is 0 Å². The molecule has 1 rings (SSSR count). The van der Waals surface area contributed by atoms with E-state index in [-0.39, 0.29) is 6.54 Å². The molecule has 0 saturated carbocycles. The minimum atomic E-state index is 0.282. The van der Waals surface area contributed by atoms with Gasteiger partial charge in [-0.3, -0.25) is 0 Å². The van der Waals surface area contributed by atoms with E-state index >= 15 is 0 Å². The maximum absolute atomic E-state index is 4.31. The first-order chi connectivity index (χ1) is 4.93. The van der Waals surface area contributed by atoms with Crippen LogP contribution < -0.4 is 0 Å². The van der Waals surface area contributed by atoms with Gasteiger partial charge in [0.05, 0.1) is 0 Å². The second-order valence-corrected chi connectivity index (χ2v) is 1.39. The molecule has 1 aromatic heterocycles. The van der Waals surface area contributed by atoms with Crippen LogP contribution in [0.4, 0.5) is 0 Å². The second-order valence-electron chi connectivity index (χ2n) is 1.39. The highest BCUT2D eigenvalue weighted by atomic mass is 16.6. The predicted molar refractivity (Wildman–Crippen MR) is 29.7 cm³/mol. The molecule has 10 heavy (non-hydrogen) atoms. The number of nitrogens with one attached hydrogen (secondary N) is 1. The number of H-pyrrole nitrogens is 1. The van der Waals surface area contributed by atoms with E-state index in [9.17, 15) is 0 Å². The van der Waals surface area contributed by atoms with Gasteiger partial charge in [0.25, 0.3) is 0 Å². The van der Waals surface area contributed by atoms with Gasteiger partial charge in [0, 0.05) is 5.28 Å². The van der Waals surface area contributed by atoms with Gasteiger partial charge in [-0.15, -0.1) is 15.3 Å². The fourth-order valence-electron chi connectivity index (χ4n) is 0.399. The highest BCUT2D eigenvalue weighted by Gasteiger charge is 1.92. The normalized spacial score (nSPS) is 10.5. The van der Waals surface area contributed by atoms with Gasteiger partial charge in [0.1, 0.15) is 13.7 Å². The Morgan fingerprint density at radius 3 is 3.20 bits per heavy atom. The Morgan fingerprint density at radius 2 is 2.60 bits per heavy atom. The molecule has 0 spiro atoms. The molecule has 0 radical (unpaired) electrons. The summed E-state index contributed by atoms with van der Waals surface area (Å²) in [6.45, 7) is 0.282. The van der Waals surface area contributed by atoms with E-state index in [0.29, 0.717) is 5.82 Å². The van der Waals surface area contributed by atoms with Crippen LogP contribution in [-0.4, -0.2) is 27.7 Å². The minimum Gasteiger partial charge on any atom is -0.383 e. The first kappa shape index (κ1) is 6.59. The van der Waals surface area contributed by atoms with Crippen molar-refractivity contribution < 1.29 is 4.84 Å². The quantitative estimate of drug-likeness (QED) is 0.464. The summed E-state index contributed by atoms with van der Waals surface area (Å²) >= 11 is 0. The van der Waals surface area contributed by atoms with Crippen LogP contribution in [0.2, 0.25) is 0 Å². The van der Waals surface area contributed by atoms with E-state index in [0.717, 1.165) is 0 Å². The summed E-state index contributed by atoms with van der Waals surface area (Å²) in [7, 11) is 1.42. The van der Waals surface area contributed by atoms with E-state index in [1.165, 1.54) is 7.11 Å². The minimum absolute atomic E-state index is 0.282. The Balaban J connectivity index is 2.34. The van der Waals surface area contributed by atoms with Crippen molar-refractivity contribution in [1.29, 1.82) is 0 Å². The van der Waals surface area contributed by atoms with E-state index in [4.69, 9.17) is 0 Å². The molecule has 1 N–H and O–H groups in total. The summed E-state index contributed by atoms with van der Waals surface area (Å²) in [5.41, 5.74) is 0. The number of hydrogen-bond donors (Lipinski definition) is 1. The maximum Gasteiger partial charge on any atom is 0.197 e. The van der Waals surface area contributed by atoms with Gasteiger partial charge in [-0.2, -0.15) is 5.21 Å². The summed E-state index contributed by atoms with van der Waals surface area (Å²) in [6, 6.07) is 0. The van der Waals surface area contributed by atoms with Crippen LogP contribution >= 0.6 is 0 Å². The molecule has 0 aromatic carbocycles. The molecule has 0 unspecified atom stereocenters. The van der Waals surface area contributed by atoms with Crippen LogP contribution in [0.3, 0.4) is 0 Å². The Bertz CT molecular complexity index is 193. The molecule has 1 aromatic rings. The lowest BCUT2D eigenvalue weighted by molar-refractivity contribution is 0.184. The lowest BCUT2D eigenvalue weighted by atomic mass is 10.6. The number of rotatable bonds is 3. The van der Waals surface area contributed by atoms with Crippen molar-refractivity contribution >= 4 is 0 Å². The highest BCUT2D eigenvalue weighted by molar-refractivity contribution is 4.72. The van der Waals surface area contributed by atoms with Crippen molar-refractivity contribution in [2.75, 3.05) is 7.11 Å². The molecule has 0 saturated heterocycles. The van der Waals surface area contributed by atoms with Gasteiger partial charge < -0.3 is 4.84 Å². The Kier molecular flexibility index (Phi) is 2.30. The number of hydrogen-bond acceptors (Lipinski definition) is 6. The summed E-state index contributed by atoms with van der Waals surface area (Å²) in [4.78, 5) is 4.31. The lowest BCUT2D eigenvalue weighted by Gasteiger charge is -1.81. The molecule has 0 amide bonds. The van der Waals surface area contributed by atoms with E-state index in [1.54, 1.807) is 0 Å². The van der Waals surface area contributed by atoms with Gasteiger partial charge in [-0.25, -0.2) is 0 Å². The summed E-state index contributed by atoms with van der Waals surface area (Å²) < 4.78 is 0. The van der Waals surface area contributed by atoms with Crippen molar-refractivity contribution in [2.45, 2.75) is 6.54 Å². The largest absolute Gasteiger partial charge is 0.383 e. The smallest absolute Gasteiger partial charge is 0.197 e. The van der Waals surface area contributed by atoms with Crippen LogP contribution in [0.25, 0.3) is 0 Å². The molecule has 7 heteroatoms. The lowest BCUT2D eigenvalue weighted by Crippen LogP contribution is -1.83. The number of nitrogens with zero attached hydrogens (tertiary/aromatic N) is 5. The number of tetrazole rings is 1. The Labute approximate surface area is 56.4 Å². The second kappa shape index (κ2) is 3.49. The third-order valence-electron chi connectivity index (χ3n) is 0.741. The number of aromatic amines is 1. The van der Waals surface area contributed by atoms with Crippen LogP contribution in [0.15, 0.2) is 10.4 Å². The molecule has 7 nitrogen and oxygen atoms in total. The average Bonchev–Trinajstić information content (AvgIpc) is 2.41. The zero-order valence-corrected chi connectivity index (χ0v) is 5.35. The number of aromatic nitrogens is 4. The van der Waals surface area contributed by atoms with Gasteiger partial charge in [0.2, 0.25) is 0 Å². The van der Waals surface area contributed by atoms with Crippen LogP contribution in [0.1, 0.15) is 5.82 Å². The van der Waals surface area contributed by atoms with Crippen LogP contribution in [0.5, 0.6) is 0 Å². The van der Waals surface area contributed by atoms with E-state index < -0.39 is 0 Å². The van der Waals surface area contributed by atoms with Crippen molar-refractivity contribution in [3.8, 4) is 0 Å². The van der Waals surface area contributed by atoms with E-state index in [1.807, 2.05) is 0 Å². The molecule has 0 atom stereocenters. The monoisotopic (exact) mass is 142 g/mol. The van der Waals surface area contributed by atoms with Crippen molar-refractivity contribution in [1.82, 2.24) is 20.6 Å². The molecule has 54 valence electrons. The van der Waals surface area contributed by atoms with Crippen molar-refractivity contribution in [3.63, 3.8) is 0 Å². The van der Waals surface area contributed by atoms with Crippen LogP contribution in [-0.2, 0) is 11.4 Å². The van der Waals surface area contributed by atoms with Crippen LogP contribution in [0, 0.1) is 0 Å². The predicted octanol–water partition coefficient (Wildman–Crippen LogP) is -0.287. The van der Waals surface area contributed by atoms with Gasteiger partial charge in [-0.1, -0.05) is 5.21 Å². The topological polar surface area (TPSA) is 88.4 Å². The molecule has 0 aliphatic rings. The zero-order chi connectivity index (χ0) is 7.23. The molecule has 0 fully saturated rings. The van der Waals surface area contributed by atoms with Gasteiger partial charge in [0.15, 0.2) is 5.82 Å². The first-order valence-electron chi connectivity index (χ1n) is 2.56. The van der Waals surface area contributed by atoms with Crippen molar-refractivity contribution in [2.24, 2.45) is 10.4 Å². The average molecular weight is 142 g/mol. The molecule has 0 aliphatic carbocycles. The molecular weight excluding hydrogens is 136 g/mol. The van der Waals surface area contributed by atoms with Crippen molar-refractivity contribution in [3.05, 3.63) is 5.82 Å². The molecule has 0 aliphatic heterocycles.